The highest BCUT2D eigenvalue weighted by Gasteiger charge is 2.06. The van der Waals surface area contributed by atoms with Crippen molar-refractivity contribution in [2.45, 2.75) is 13.5 Å². The van der Waals surface area contributed by atoms with Crippen LogP contribution in [0.4, 0.5) is 11.4 Å². The molecule has 3 aromatic rings. The maximum Gasteiger partial charge on any atom is 0.0991 e. The van der Waals surface area contributed by atoms with E-state index in [1.54, 1.807) is 17.4 Å². The molecule has 21 heavy (non-hydrogen) atoms. The van der Waals surface area contributed by atoms with Crippen molar-refractivity contribution in [2.24, 2.45) is 0 Å². The fourth-order valence-corrected chi connectivity index (χ4v) is 3.06. The second-order valence-corrected chi connectivity index (χ2v) is 6.04. The van der Waals surface area contributed by atoms with Gasteiger partial charge in [0.2, 0.25) is 0 Å². The molecule has 104 valence electrons. The van der Waals surface area contributed by atoms with E-state index in [1.165, 1.54) is 0 Å². The number of nitrogens with zero attached hydrogens (tertiary/aromatic N) is 2. The molecule has 0 bridgehead atoms. The standard InChI is InChI=1S/C16H14N4S/c1-10-20-15-7-14(13(18)6-16(15)21-10)19-9-12-4-2-3-11(5-12)8-17/h2-7,19H,9,18H2,1H3. The Morgan fingerprint density at radius 1 is 1.33 bits per heavy atom. The van der Waals surface area contributed by atoms with Crippen LogP contribution in [0.2, 0.25) is 0 Å². The molecule has 0 spiro atoms. The number of anilines is 2. The first-order chi connectivity index (χ1) is 10.2. The van der Waals surface area contributed by atoms with Gasteiger partial charge in [-0.1, -0.05) is 12.1 Å². The van der Waals surface area contributed by atoms with Crippen LogP contribution < -0.4 is 11.1 Å². The summed E-state index contributed by atoms with van der Waals surface area (Å²) in [6, 6.07) is 13.6. The summed E-state index contributed by atoms with van der Waals surface area (Å²) in [5.74, 6) is 0. The average molecular weight is 294 g/mol. The number of nitrogen functional groups attached to an aromatic ring is 1. The number of nitrogens with one attached hydrogen (secondary N) is 1. The Bertz CT molecular complexity index is 845. The van der Waals surface area contributed by atoms with Crippen LogP contribution in [0.25, 0.3) is 10.2 Å². The van der Waals surface area contributed by atoms with Crippen molar-refractivity contribution in [3.63, 3.8) is 0 Å². The molecule has 1 aromatic heterocycles. The van der Waals surface area contributed by atoms with Crippen LogP contribution in [0.1, 0.15) is 16.1 Å². The number of hydrogen-bond acceptors (Lipinski definition) is 5. The van der Waals surface area contributed by atoms with E-state index >= 15 is 0 Å². The molecule has 3 N–H and O–H groups in total. The Labute approximate surface area is 126 Å². The quantitative estimate of drug-likeness (QED) is 0.723. The lowest BCUT2D eigenvalue weighted by molar-refractivity contribution is 1.15. The summed E-state index contributed by atoms with van der Waals surface area (Å²) < 4.78 is 1.10. The largest absolute Gasteiger partial charge is 0.397 e. The predicted octanol–water partition coefficient (Wildman–Crippen LogP) is 3.67. The second kappa shape index (κ2) is 5.43. The minimum atomic E-state index is 0.619. The first kappa shape index (κ1) is 13.4. The highest BCUT2D eigenvalue weighted by atomic mass is 32.1. The van der Waals surface area contributed by atoms with Crippen LogP contribution in [0, 0.1) is 18.3 Å². The maximum absolute atomic E-state index is 8.91. The summed E-state index contributed by atoms with van der Waals surface area (Å²) in [5.41, 5.74) is 10.3. The Hall–Kier alpha value is -2.58. The fraction of sp³-hybridized carbons (Fsp3) is 0.125. The molecule has 0 aliphatic heterocycles. The van der Waals surface area contributed by atoms with Gasteiger partial charge in [-0.3, -0.25) is 0 Å². The summed E-state index contributed by atoms with van der Waals surface area (Å²) in [7, 11) is 0. The van der Waals surface area contributed by atoms with Gasteiger partial charge in [0, 0.05) is 6.54 Å². The molecular formula is C16H14N4S. The topological polar surface area (TPSA) is 74.7 Å². The first-order valence-corrected chi connectivity index (χ1v) is 7.37. The van der Waals surface area contributed by atoms with E-state index < -0.39 is 0 Å². The van der Waals surface area contributed by atoms with Gasteiger partial charge in [0.25, 0.3) is 0 Å². The van der Waals surface area contributed by atoms with E-state index in [4.69, 9.17) is 11.0 Å². The zero-order valence-electron chi connectivity index (χ0n) is 11.6. The maximum atomic E-state index is 8.91. The smallest absolute Gasteiger partial charge is 0.0991 e. The third-order valence-electron chi connectivity index (χ3n) is 3.21. The lowest BCUT2D eigenvalue weighted by Crippen LogP contribution is -2.02. The van der Waals surface area contributed by atoms with Gasteiger partial charge in [-0.2, -0.15) is 5.26 Å². The molecule has 4 nitrogen and oxygen atoms in total. The lowest BCUT2D eigenvalue weighted by Gasteiger charge is -2.09. The summed E-state index contributed by atoms with van der Waals surface area (Å²) in [4.78, 5) is 4.48. The number of fused-ring (bicyclic) bond motifs is 1. The monoisotopic (exact) mass is 294 g/mol. The molecule has 0 aliphatic carbocycles. The van der Waals surface area contributed by atoms with E-state index in [0.29, 0.717) is 17.8 Å². The number of nitriles is 1. The first-order valence-electron chi connectivity index (χ1n) is 6.55. The number of aromatic nitrogens is 1. The summed E-state index contributed by atoms with van der Waals surface area (Å²) in [6.45, 7) is 2.61. The molecule has 0 saturated heterocycles. The molecule has 1 heterocycles. The van der Waals surface area contributed by atoms with Crippen LogP contribution in [0.5, 0.6) is 0 Å². The van der Waals surface area contributed by atoms with Crippen LogP contribution in [0.15, 0.2) is 36.4 Å². The van der Waals surface area contributed by atoms with Crippen molar-refractivity contribution >= 4 is 32.9 Å². The fourth-order valence-electron chi connectivity index (χ4n) is 2.21. The van der Waals surface area contributed by atoms with Crippen LogP contribution in [0.3, 0.4) is 0 Å². The van der Waals surface area contributed by atoms with E-state index in [2.05, 4.69) is 16.4 Å². The van der Waals surface area contributed by atoms with Crippen molar-refractivity contribution in [1.29, 1.82) is 5.26 Å². The van der Waals surface area contributed by atoms with Crippen LogP contribution in [-0.2, 0) is 6.54 Å². The molecule has 3 rings (SSSR count). The SMILES string of the molecule is Cc1nc2cc(NCc3cccc(C#N)c3)c(N)cc2s1. The number of benzene rings is 2. The van der Waals surface area contributed by atoms with Gasteiger partial charge in [-0.05, 0) is 36.8 Å². The molecule has 0 atom stereocenters. The molecule has 2 aromatic carbocycles. The van der Waals surface area contributed by atoms with Gasteiger partial charge in [-0.25, -0.2) is 4.98 Å². The molecule has 0 radical (unpaired) electrons. The number of aryl methyl sites for hydroxylation is 1. The minimum absolute atomic E-state index is 0.619. The van der Waals surface area contributed by atoms with E-state index in [0.717, 1.165) is 26.5 Å². The number of thiazole rings is 1. The molecular weight excluding hydrogens is 280 g/mol. The third kappa shape index (κ3) is 2.81. The zero-order valence-corrected chi connectivity index (χ0v) is 12.4. The summed E-state index contributed by atoms with van der Waals surface area (Å²) in [5, 5.41) is 13.3. The van der Waals surface area contributed by atoms with E-state index in [1.807, 2.05) is 37.3 Å². The second-order valence-electron chi connectivity index (χ2n) is 4.81. The molecule has 0 saturated carbocycles. The molecule has 0 unspecified atom stereocenters. The number of hydrogen-bond donors (Lipinski definition) is 2. The van der Waals surface area contributed by atoms with Crippen molar-refractivity contribution < 1.29 is 0 Å². The van der Waals surface area contributed by atoms with Gasteiger partial charge < -0.3 is 11.1 Å². The van der Waals surface area contributed by atoms with Crippen molar-refractivity contribution in [3.05, 3.63) is 52.5 Å². The molecule has 5 heteroatoms. The third-order valence-corrected chi connectivity index (χ3v) is 4.14. The van der Waals surface area contributed by atoms with Gasteiger partial charge >= 0.3 is 0 Å². The molecule has 0 aliphatic rings. The number of rotatable bonds is 3. The van der Waals surface area contributed by atoms with Crippen molar-refractivity contribution in [3.8, 4) is 6.07 Å². The summed E-state index contributed by atoms with van der Waals surface area (Å²) in [6.07, 6.45) is 0. The Morgan fingerprint density at radius 3 is 3.00 bits per heavy atom. The van der Waals surface area contributed by atoms with Gasteiger partial charge in [0.1, 0.15) is 0 Å². The van der Waals surface area contributed by atoms with E-state index in [9.17, 15) is 0 Å². The predicted molar refractivity (Wildman–Crippen MR) is 87.3 cm³/mol. The normalized spacial score (nSPS) is 10.5. The Kier molecular flexibility index (Phi) is 3.46. The van der Waals surface area contributed by atoms with Crippen LogP contribution in [-0.4, -0.2) is 4.98 Å². The average Bonchev–Trinajstić information content (AvgIpc) is 2.84. The Morgan fingerprint density at radius 2 is 2.19 bits per heavy atom. The Balaban J connectivity index is 1.84. The van der Waals surface area contributed by atoms with E-state index in [-0.39, 0.29) is 0 Å². The van der Waals surface area contributed by atoms with Gasteiger partial charge in [0.05, 0.1) is 38.2 Å². The van der Waals surface area contributed by atoms with Gasteiger partial charge in [0.15, 0.2) is 0 Å². The highest BCUT2D eigenvalue weighted by Crippen LogP contribution is 2.30. The minimum Gasteiger partial charge on any atom is -0.397 e. The lowest BCUT2D eigenvalue weighted by atomic mass is 10.1. The zero-order chi connectivity index (χ0) is 14.8. The number of nitrogens with two attached hydrogens (primary N) is 1. The summed E-state index contributed by atoms with van der Waals surface area (Å²) >= 11 is 1.64. The highest BCUT2D eigenvalue weighted by molar-refractivity contribution is 7.18. The van der Waals surface area contributed by atoms with Gasteiger partial charge in [-0.15, -0.1) is 11.3 Å². The van der Waals surface area contributed by atoms with Crippen molar-refractivity contribution in [1.82, 2.24) is 4.98 Å². The molecule has 0 fully saturated rings. The van der Waals surface area contributed by atoms with Crippen molar-refractivity contribution in [2.75, 3.05) is 11.1 Å². The molecule has 0 amide bonds. The van der Waals surface area contributed by atoms with Crippen LogP contribution >= 0.6 is 11.3 Å².